The number of aliphatic hydroxyl groups excluding tert-OH is 1. The minimum Gasteiger partial charge on any atom is -0.473 e. The van der Waals surface area contributed by atoms with Gasteiger partial charge in [0, 0.05) is 13.1 Å². The fourth-order valence-corrected chi connectivity index (χ4v) is 2.70. The summed E-state index contributed by atoms with van der Waals surface area (Å²) >= 11 is 0. The van der Waals surface area contributed by atoms with Crippen molar-refractivity contribution >= 4 is 17.9 Å². The average molecular weight is 367 g/mol. The van der Waals surface area contributed by atoms with Gasteiger partial charge in [-0.2, -0.15) is 0 Å². The largest absolute Gasteiger partial charge is 0.473 e. The van der Waals surface area contributed by atoms with E-state index in [4.69, 9.17) is 24.5 Å². The number of carboxylic acid groups (broad SMARTS) is 2. The molecule has 0 spiro atoms. The molecule has 1 fully saturated rings. The third kappa shape index (κ3) is 7.62. The molecule has 0 amide bonds. The van der Waals surface area contributed by atoms with Crippen LogP contribution >= 0.6 is 0 Å². The minimum atomic E-state index is -1.82. The first-order valence-electron chi connectivity index (χ1n) is 8.43. The summed E-state index contributed by atoms with van der Waals surface area (Å²) in [6, 6.07) is 9.65. The highest BCUT2D eigenvalue weighted by molar-refractivity contribution is 6.27. The van der Waals surface area contributed by atoms with Crippen LogP contribution < -0.4 is 0 Å². The zero-order valence-corrected chi connectivity index (χ0v) is 14.7. The maximum Gasteiger partial charge on any atom is 0.414 e. The Morgan fingerprint density at radius 2 is 1.81 bits per heavy atom. The minimum absolute atomic E-state index is 0.0494. The zero-order valence-electron chi connectivity index (χ0n) is 14.7. The fraction of sp³-hybridized carbons (Fsp3) is 0.500. The van der Waals surface area contributed by atoms with Gasteiger partial charge < -0.3 is 20.1 Å². The molecule has 0 aliphatic carbocycles. The third-order valence-electron chi connectivity index (χ3n) is 3.92. The van der Waals surface area contributed by atoms with Gasteiger partial charge in [-0.15, -0.1) is 0 Å². The highest BCUT2D eigenvalue weighted by Gasteiger charge is 2.27. The second kappa shape index (κ2) is 11.2. The van der Waals surface area contributed by atoms with Crippen molar-refractivity contribution in [2.75, 3.05) is 26.2 Å². The molecule has 3 N–H and O–H groups in total. The standard InChI is InChI=1S/C16H23NO3.C2H2O4/c1-2-20-16(19)14-9-6-10-17(11-14)12-15(18)13-7-4-3-5-8-13;3-1(4)2(5)6/h3-5,7-8,14-15,18H,2,6,9-12H2,1H3;(H,3,4)(H,5,6). The van der Waals surface area contributed by atoms with E-state index in [-0.39, 0.29) is 11.9 Å². The first kappa shape index (κ1) is 21.6. The average Bonchev–Trinajstić information content (AvgIpc) is 2.63. The number of nitrogens with zero attached hydrogens (tertiary/aromatic N) is 1. The van der Waals surface area contributed by atoms with Gasteiger partial charge in [0.15, 0.2) is 0 Å². The molecule has 0 saturated carbocycles. The van der Waals surface area contributed by atoms with E-state index < -0.39 is 18.0 Å². The smallest absolute Gasteiger partial charge is 0.414 e. The Morgan fingerprint density at radius 1 is 1.19 bits per heavy atom. The topological polar surface area (TPSA) is 124 Å². The van der Waals surface area contributed by atoms with Crippen LogP contribution in [0.4, 0.5) is 0 Å². The highest BCUT2D eigenvalue weighted by atomic mass is 16.5. The summed E-state index contributed by atoms with van der Waals surface area (Å²) in [7, 11) is 0. The van der Waals surface area contributed by atoms with E-state index in [2.05, 4.69) is 4.90 Å². The van der Waals surface area contributed by atoms with Crippen LogP contribution in [-0.4, -0.2) is 64.4 Å². The number of carbonyl (C=O) groups is 3. The van der Waals surface area contributed by atoms with Gasteiger partial charge in [0.2, 0.25) is 0 Å². The van der Waals surface area contributed by atoms with E-state index in [0.29, 0.717) is 19.7 Å². The molecular formula is C18H25NO7. The number of rotatable bonds is 5. The number of piperidine rings is 1. The number of carbonyl (C=O) groups excluding carboxylic acids is 1. The molecule has 2 rings (SSSR count). The molecule has 0 aromatic heterocycles. The number of esters is 1. The Morgan fingerprint density at radius 3 is 2.35 bits per heavy atom. The number of β-amino-alcohol motifs (C(OH)–C–C–N with tert-alkyl or cyclic N) is 1. The summed E-state index contributed by atoms with van der Waals surface area (Å²) in [6.45, 7) is 4.45. The second-order valence-electron chi connectivity index (χ2n) is 5.89. The molecule has 0 bridgehead atoms. The zero-order chi connectivity index (χ0) is 19.5. The van der Waals surface area contributed by atoms with Crippen molar-refractivity contribution in [1.82, 2.24) is 4.90 Å². The first-order chi connectivity index (χ1) is 12.3. The van der Waals surface area contributed by atoms with Crippen LogP contribution in [0.2, 0.25) is 0 Å². The normalized spacial score (nSPS) is 18.2. The van der Waals surface area contributed by atoms with Crippen LogP contribution in [0.15, 0.2) is 30.3 Å². The molecular weight excluding hydrogens is 342 g/mol. The summed E-state index contributed by atoms with van der Waals surface area (Å²) in [5, 5.41) is 25.0. The molecule has 144 valence electrons. The molecule has 26 heavy (non-hydrogen) atoms. The quantitative estimate of drug-likeness (QED) is 0.523. The molecule has 1 aliphatic rings. The lowest BCUT2D eigenvalue weighted by atomic mass is 9.97. The highest BCUT2D eigenvalue weighted by Crippen LogP contribution is 2.21. The van der Waals surface area contributed by atoms with E-state index in [1.165, 1.54) is 0 Å². The molecule has 1 aromatic carbocycles. The molecule has 1 aliphatic heterocycles. The van der Waals surface area contributed by atoms with Crippen molar-refractivity contribution in [3.63, 3.8) is 0 Å². The van der Waals surface area contributed by atoms with E-state index in [0.717, 1.165) is 24.9 Å². The van der Waals surface area contributed by atoms with Crippen LogP contribution in [-0.2, 0) is 19.1 Å². The van der Waals surface area contributed by atoms with Gasteiger partial charge in [-0.05, 0) is 31.9 Å². The number of ether oxygens (including phenoxy) is 1. The van der Waals surface area contributed by atoms with Gasteiger partial charge in [0.05, 0.1) is 18.6 Å². The Balaban J connectivity index is 0.000000487. The van der Waals surface area contributed by atoms with Crippen molar-refractivity contribution in [3.8, 4) is 0 Å². The lowest BCUT2D eigenvalue weighted by Crippen LogP contribution is -2.41. The van der Waals surface area contributed by atoms with E-state index in [1.807, 2.05) is 37.3 Å². The number of benzene rings is 1. The molecule has 2 atom stereocenters. The Labute approximate surface area is 152 Å². The Kier molecular flexibility index (Phi) is 9.32. The van der Waals surface area contributed by atoms with Crippen molar-refractivity contribution < 1.29 is 34.4 Å². The molecule has 1 saturated heterocycles. The number of hydrogen-bond donors (Lipinski definition) is 3. The first-order valence-corrected chi connectivity index (χ1v) is 8.43. The van der Waals surface area contributed by atoms with Gasteiger partial charge >= 0.3 is 17.9 Å². The number of aliphatic hydroxyl groups is 1. The van der Waals surface area contributed by atoms with Crippen LogP contribution in [0.25, 0.3) is 0 Å². The summed E-state index contributed by atoms with van der Waals surface area (Å²) in [4.78, 5) is 32.1. The number of aliphatic carboxylic acids is 2. The van der Waals surface area contributed by atoms with Crippen LogP contribution in [0.1, 0.15) is 31.4 Å². The van der Waals surface area contributed by atoms with Crippen molar-refractivity contribution in [3.05, 3.63) is 35.9 Å². The fourth-order valence-electron chi connectivity index (χ4n) is 2.70. The SMILES string of the molecule is CCOC(=O)C1CCCN(CC(O)c2ccccc2)C1.O=C(O)C(=O)O. The van der Waals surface area contributed by atoms with Gasteiger partial charge in [0.25, 0.3) is 0 Å². The number of hydrogen-bond acceptors (Lipinski definition) is 6. The van der Waals surface area contributed by atoms with Gasteiger partial charge in [-0.1, -0.05) is 30.3 Å². The van der Waals surface area contributed by atoms with Gasteiger partial charge in [0.1, 0.15) is 0 Å². The predicted molar refractivity (Wildman–Crippen MR) is 92.5 cm³/mol. The maximum atomic E-state index is 11.8. The number of likely N-dealkylation sites (tertiary alicyclic amines) is 1. The van der Waals surface area contributed by atoms with Crippen LogP contribution in [0.3, 0.4) is 0 Å². The summed E-state index contributed by atoms with van der Waals surface area (Å²) < 4.78 is 5.09. The lowest BCUT2D eigenvalue weighted by Gasteiger charge is -2.32. The molecule has 8 heteroatoms. The molecule has 1 aromatic rings. The number of carboxylic acids is 2. The van der Waals surface area contributed by atoms with Gasteiger partial charge in [-0.25, -0.2) is 9.59 Å². The van der Waals surface area contributed by atoms with Crippen LogP contribution in [0.5, 0.6) is 0 Å². The van der Waals surface area contributed by atoms with Crippen LogP contribution in [0, 0.1) is 5.92 Å². The molecule has 2 unspecified atom stereocenters. The van der Waals surface area contributed by atoms with E-state index >= 15 is 0 Å². The third-order valence-corrected chi connectivity index (χ3v) is 3.92. The maximum absolute atomic E-state index is 11.8. The van der Waals surface area contributed by atoms with E-state index in [9.17, 15) is 9.90 Å². The summed E-state index contributed by atoms with van der Waals surface area (Å²) in [5.74, 6) is -3.80. The Bertz CT molecular complexity index is 578. The summed E-state index contributed by atoms with van der Waals surface area (Å²) in [6.07, 6.45) is 1.36. The van der Waals surface area contributed by atoms with Crippen molar-refractivity contribution in [1.29, 1.82) is 0 Å². The summed E-state index contributed by atoms with van der Waals surface area (Å²) in [5.41, 5.74) is 0.922. The lowest BCUT2D eigenvalue weighted by molar-refractivity contribution is -0.159. The van der Waals surface area contributed by atoms with Crippen molar-refractivity contribution in [2.45, 2.75) is 25.9 Å². The monoisotopic (exact) mass is 367 g/mol. The molecule has 8 nitrogen and oxygen atoms in total. The molecule has 1 heterocycles. The second-order valence-corrected chi connectivity index (χ2v) is 5.89. The van der Waals surface area contributed by atoms with Gasteiger partial charge in [-0.3, -0.25) is 9.69 Å². The predicted octanol–water partition coefficient (Wildman–Crippen LogP) is 1.15. The van der Waals surface area contributed by atoms with Crippen molar-refractivity contribution in [2.24, 2.45) is 5.92 Å². The van der Waals surface area contributed by atoms with E-state index in [1.54, 1.807) is 0 Å². The Hall–Kier alpha value is -2.45. The molecule has 0 radical (unpaired) electrons.